The van der Waals surface area contributed by atoms with Gasteiger partial charge >= 0.3 is 0 Å². The molecule has 316 valence electrons. The molecule has 1 unspecified atom stereocenters. The van der Waals surface area contributed by atoms with Crippen molar-refractivity contribution in [1.29, 1.82) is 0 Å². The van der Waals surface area contributed by atoms with Gasteiger partial charge in [-0.1, -0.05) is 43.2 Å². The maximum atomic E-state index is 13.9. The topological polar surface area (TPSA) is 184 Å². The molecule has 4 heterocycles. The number of aromatic amines is 1. The van der Waals surface area contributed by atoms with E-state index in [2.05, 4.69) is 68.0 Å². The van der Waals surface area contributed by atoms with Gasteiger partial charge in [0, 0.05) is 86.8 Å². The Morgan fingerprint density at radius 2 is 1.85 bits per heavy atom. The minimum atomic E-state index is -4.57. The molecular formula is C43H49ClN8O7S. The minimum absolute atomic E-state index is 0.0513. The zero-order chi connectivity index (χ0) is 42.4. The molecule has 60 heavy (non-hydrogen) atoms. The fourth-order valence-corrected chi connectivity index (χ4v) is 8.58. The molecule has 1 amide bonds. The molecule has 0 spiro atoms. The number of ether oxygens (including phenoxy) is 2. The van der Waals surface area contributed by atoms with Gasteiger partial charge in [0.25, 0.3) is 21.6 Å². The van der Waals surface area contributed by atoms with E-state index in [0.717, 1.165) is 49.7 Å². The van der Waals surface area contributed by atoms with Crippen molar-refractivity contribution in [2.75, 3.05) is 69.2 Å². The van der Waals surface area contributed by atoms with Crippen LogP contribution in [0.25, 0.3) is 16.6 Å². The Labute approximate surface area is 354 Å². The number of morpholine rings is 1. The predicted molar refractivity (Wildman–Crippen MR) is 234 cm³/mol. The first-order valence-corrected chi connectivity index (χ1v) is 21.8. The molecule has 4 N–H and O–H groups in total. The van der Waals surface area contributed by atoms with E-state index in [0.29, 0.717) is 48.6 Å². The van der Waals surface area contributed by atoms with E-state index in [4.69, 9.17) is 21.1 Å². The van der Waals surface area contributed by atoms with E-state index in [1.807, 2.05) is 18.2 Å². The van der Waals surface area contributed by atoms with Gasteiger partial charge in [-0.15, -0.1) is 0 Å². The van der Waals surface area contributed by atoms with Crippen LogP contribution in [-0.4, -0.2) is 99.2 Å². The fourth-order valence-electron chi connectivity index (χ4n) is 7.46. The van der Waals surface area contributed by atoms with Gasteiger partial charge in [-0.25, -0.2) is 18.1 Å². The van der Waals surface area contributed by atoms with E-state index in [-0.39, 0.29) is 29.6 Å². The number of H-pyrrole nitrogens is 1. The highest BCUT2D eigenvalue weighted by Crippen LogP contribution is 2.34. The Kier molecular flexibility index (Phi) is 13.4. The molecule has 1 atom stereocenters. The molecule has 7 rings (SSSR count). The van der Waals surface area contributed by atoms with Crippen molar-refractivity contribution in [3.63, 3.8) is 0 Å². The summed E-state index contributed by atoms with van der Waals surface area (Å²) in [5.41, 5.74) is 4.90. The highest BCUT2D eigenvalue weighted by molar-refractivity contribution is 7.90. The molecule has 2 aliphatic rings. The van der Waals surface area contributed by atoms with Gasteiger partial charge in [-0.2, -0.15) is 0 Å². The largest absolute Gasteiger partial charge is 0.455 e. The molecule has 0 aliphatic carbocycles. The Morgan fingerprint density at radius 1 is 1.07 bits per heavy atom. The summed E-state index contributed by atoms with van der Waals surface area (Å²) in [6.45, 7) is 12.6. The first-order valence-electron chi connectivity index (χ1n) is 19.9. The lowest BCUT2D eigenvalue weighted by molar-refractivity contribution is -0.384. The summed E-state index contributed by atoms with van der Waals surface area (Å²) >= 11 is 6.20. The van der Waals surface area contributed by atoms with Gasteiger partial charge in [-0.3, -0.25) is 19.8 Å². The van der Waals surface area contributed by atoms with Gasteiger partial charge in [-0.05, 0) is 78.9 Å². The first kappa shape index (κ1) is 42.6. The first-order chi connectivity index (χ1) is 28.8. The number of nitrogens with one attached hydrogen (secondary N) is 4. The lowest BCUT2D eigenvalue weighted by Gasteiger charge is -2.37. The third-order valence-corrected chi connectivity index (χ3v) is 12.1. The third kappa shape index (κ3) is 10.4. The van der Waals surface area contributed by atoms with Crippen LogP contribution in [0.15, 0.2) is 95.7 Å². The number of anilines is 2. The third-order valence-electron chi connectivity index (χ3n) is 10.6. The summed E-state index contributed by atoms with van der Waals surface area (Å²) in [7, 11) is -4.57. The van der Waals surface area contributed by atoms with Gasteiger partial charge in [0.2, 0.25) is 0 Å². The monoisotopic (exact) mass is 856 g/mol. The Hall–Kier alpha value is -5.52. The van der Waals surface area contributed by atoms with Crippen molar-refractivity contribution < 1.29 is 27.6 Å². The van der Waals surface area contributed by atoms with Crippen LogP contribution in [0.1, 0.15) is 43.1 Å². The highest BCUT2D eigenvalue weighted by atomic mass is 35.5. The number of carbonyl (C=O) groups is 1. The normalized spacial score (nSPS) is 16.8. The molecule has 2 fully saturated rings. The predicted octanol–water partition coefficient (Wildman–Crippen LogP) is 7.08. The van der Waals surface area contributed by atoms with Crippen LogP contribution < -0.4 is 25.0 Å². The van der Waals surface area contributed by atoms with E-state index in [1.165, 1.54) is 41.1 Å². The van der Waals surface area contributed by atoms with Crippen LogP contribution >= 0.6 is 11.6 Å². The molecule has 5 aromatic rings. The minimum Gasteiger partial charge on any atom is -0.455 e. The number of aromatic nitrogens is 2. The average molecular weight is 857 g/mol. The number of sulfonamides is 1. The van der Waals surface area contributed by atoms with Gasteiger partial charge in [0.15, 0.2) is 0 Å². The number of hydrogen-bond acceptors (Lipinski definition) is 12. The van der Waals surface area contributed by atoms with E-state index in [9.17, 15) is 23.3 Å². The Bertz CT molecular complexity index is 2480. The van der Waals surface area contributed by atoms with E-state index < -0.39 is 31.4 Å². The zero-order valence-electron chi connectivity index (χ0n) is 33.7. The van der Waals surface area contributed by atoms with Crippen molar-refractivity contribution in [2.24, 2.45) is 5.92 Å². The lowest BCUT2D eigenvalue weighted by Crippen LogP contribution is -2.47. The second-order valence-electron chi connectivity index (χ2n) is 15.4. The number of amides is 1. The lowest BCUT2D eigenvalue weighted by atomic mass is 9.92. The summed E-state index contributed by atoms with van der Waals surface area (Å²) in [5.74, 6) is -0.0205. The van der Waals surface area contributed by atoms with E-state index in [1.54, 1.807) is 24.4 Å². The molecule has 15 nitrogen and oxygen atoms in total. The molecular weight excluding hydrogens is 808 g/mol. The number of hydrogen-bond donors (Lipinski definition) is 4. The number of benzene rings is 3. The molecule has 17 heteroatoms. The molecule has 2 saturated heterocycles. The van der Waals surface area contributed by atoms with Crippen LogP contribution in [0.4, 0.5) is 17.1 Å². The van der Waals surface area contributed by atoms with Crippen molar-refractivity contribution in [3.8, 4) is 11.5 Å². The maximum Gasteiger partial charge on any atom is 0.293 e. The van der Waals surface area contributed by atoms with E-state index >= 15 is 0 Å². The average Bonchev–Trinajstić information content (AvgIpc) is 3.71. The molecule has 2 aliphatic heterocycles. The zero-order valence-corrected chi connectivity index (χ0v) is 35.3. The summed E-state index contributed by atoms with van der Waals surface area (Å²) < 4.78 is 41.3. The number of halogens is 1. The van der Waals surface area contributed by atoms with Crippen molar-refractivity contribution in [2.45, 2.75) is 38.2 Å². The van der Waals surface area contributed by atoms with Crippen molar-refractivity contribution >= 4 is 61.2 Å². The number of rotatable bonds is 15. The van der Waals surface area contributed by atoms with Gasteiger partial charge in [0.1, 0.15) is 22.8 Å². The number of piperazine rings is 1. The number of carbonyl (C=O) groups excluding carboxylic acids is 1. The molecule has 2 aromatic heterocycles. The van der Waals surface area contributed by atoms with Crippen LogP contribution in [-0.2, 0) is 14.8 Å². The van der Waals surface area contributed by atoms with Gasteiger partial charge in [0.05, 0.1) is 34.3 Å². The number of pyridine rings is 1. The number of nitrogens with zero attached hydrogens (tertiary/aromatic N) is 4. The molecule has 0 radical (unpaired) electrons. The number of nitro groups is 1. The highest BCUT2D eigenvalue weighted by Gasteiger charge is 2.27. The molecule has 3 aromatic carbocycles. The molecule has 0 bridgehead atoms. The van der Waals surface area contributed by atoms with Crippen LogP contribution in [0.2, 0.25) is 5.02 Å². The second kappa shape index (κ2) is 18.8. The fraction of sp³-hybridized carbons (Fsp3) is 0.349. The maximum absolute atomic E-state index is 13.9. The summed E-state index contributed by atoms with van der Waals surface area (Å²) in [4.78, 5) is 36.9. The van der Waals surface area contributed by atoms with Crippen LogP contribution in [0, 0.1) is 16.0 Å². The SMILES string of the molecule is C/C(CN1CCN(c2ccc(C(=O)NS(=O)(=O)c3ccc(NCC4CNCCO4)c([N+](=O)[O-])c3)c(Oc3cnc4[nH]ccc4c3)c2)CC1)=C(\CC(C)C)c1ccc(Cl)cc1. The van der Waals surface area contributed by atoms with Crippen molar-refractivity contribution in [3.05, 3.63) is 117 Å². The second-order valence-corrected chi connectivity index (χ2v) is 17.6. The van der Waals surface area contributed by atoms with Crippen LogP contribution in [0.3, 0.4) is 0 Å². The standard InChI is InChI=1S/C43H49ClN8O7S/c1-28(2)20-38(30-4-6-32(44)7-5-30)29(3)27-50-15-17-51(18-16-50)33-8-10-37(41(22-33)59-34-21-31-12-13-46-42(31)48-25-34)43(53)49-60(56,57)36-9-11-39(40(23-36)52(54)55)47-26-35-24-45-14-19-58-35/h4-13,21-23,25,28,35,45,47H,14-20,24,26-27H2,1-3H3,(H,46,48)(H,49,53)/b38-29-. The van der Waals surface area contributed by atoms with Gasteiger partial charge < -0.3 is 30.0 Å². The van der Waals surface area contributed by atoms with Crippen LogP contribution in [0.5, 0.6) is 11.5 Å². The number of allylic oxidation sites excluding steroid dienone is 1. The molecule has 0 saturated carbocycles. The smallest absolute Gasteiger partial charge is 0.293 e. The summed E-state index contributed by atoms with van der Waals surface area (Å²) in [5, 5.41) is 19.7. The quantitative estimate of drug-likeness (QED) is 0.0621. The number of nitro benzene ring substituents is 1. The van der Waals surface area contributed by atoms with Crippen molar-refractivity contribution in [1.82, 2.24) is 24.9 Å². The summed E-state index contributed by atoms with van der Waals surface area (Å²) in [6, 6.07) is 20.1. The Morgan fingerprint density at radius 3 is 2.57 bits per heavy atom. The Balaban J connectivity index is 1.09. The summed E-state index contributed by atoms with van der Waals surface area (Å²) in [6.07, 6.45) is 4.01. The number of fused-ring (bicyclic) bond motifs is 1.